The van der Waals surface area contributed by atoms with Crippen molar-refractivity contribution < 1.29 is 0 Å². The largest absolute Gasteiger partial charge is 0.0801 e. The summed E-state index contributed by atoms with van der Waals surface area (Å²) in [5.41, 5.74) is 14.9. The molecular weight excluding hydrogens is 601 g/mol. The smallest absolute Gasteiger partial charge is 0.00822 e. The molecule has 7 aromatic carbocycles. The molecule has 0 atom stereocenters. The van der Waals surface area contributed by atoms with Crippen LogP contribution in [0.5, 0.6) is 0 Å². The van der Waals surface area contributed by atoms with Gasteiger partial charge in [-0.2, -0.15) is 0 Å². The molecule has 1 aliphatic rings. The van der Waals surface area contributed by atoms with Gasteiger partial charge in [-0.25, -0.2) is 0 Å². The fourth-order valence-corrected chi connectivity index (χ4v) is 7.10. The minimum Gasteiger partial charge on any atom is -0.0801 e. The van der Waals surface area contributed by atoms with Gasteiger partial charge in [-0.15, -0.1) is 0 Å². The second-order valence-electron chi connectivity index (χ2n) is 12.8. The summed E-state index contributed by atoms with van der Waals surface area (Å²) in [7, 11) is 0. The first-order valence-electron chi connectivity index (χ1n) is 17.5. The number of benzene rings is 7. The van der Waals surface area contributed by atoms with Crippen LogP contribution in [0.3, 0.4) is 0 Å². The van der Waals surface area contributed by atoms with E-state index in [1.54, 1.807) is 0 Å². The lowest BCUT2D eigenvalue weighted by Gasteiger charge is -2.16. The zero-order chi connectivity index (χ0) is 33.5. The summed E-state index contributed by atoms with van der Waals surface area (Å²) in [4.78, 5) is 0. The molecule has 0 amide bonds. The van der Waals surface area contributed by atoms with Crippen molar-refractivity contribution in [3.8, 4) is 44.5 Å². The molecule has 0 saturated carbocycles. The summed E-state index contributed by atoms with van der Waals surface area (Å²) in [6, 6.07) is 66.2. The molecule has 8 rings (SSSR count). The fourth-order valence-electron chi connectivity index (χ4n) is 7.10. The van der Waals surface area contributed by atoms with E-state index in [0.29, 0.717) is 0 Å². The molecule has 7 aromatic rings. The second-order valence-corrected chi connectivity index (χ2v) is 12.8. The van der Waals surface area contributed by atoms with E-state index < -0.39 is 0 Å². The van der Waals surface area contributed by atoms with Crippen molar-refractivity contribution in [1.29, 1.82) is 0 Å². The fraction of sp³-hybridized carbons (Fsp3) is 0.0400. The Kier molecular flexibility index (Phi) is 8.99. The van der Waals surface area contributed by atoms with Crippen molar-refractivity contribution in [3.05, 3.63) is 228 Å². The van der Waals surface area contributed by atoms with Crippen molar-refractivity contribution in [3.63, 3.8) is 0 Å². The summed E-state index contributed by atoms with van der Waals surface area (Å²) < 4.78 is 0. The van der Waals surface area contributed by atoms with E-state index in [2.05, 4.69) is 206 Å². The first-order valence-corrected chi connectivity index (χ1v) is 17.5. The van der Waals surface area contributed by atoms with Gasteiger partial charge in [-0.1, -0.05) is 170 Å². The van der Waals surface area contributed by atoms with E-state index in [-0.39, 0.29) is 0 Å². The highest BCUT2D eigenvalue weighted by Gasteiger charge is 2.14. The van der Waals surface area contributed by atoms with Gasteiger partial charge in [-0.3, -0.25) is 0 Å². The van der Waals surface area contributed by atoms with Gasteiger partial charge in [0, 0.05) is 0 Å². The topological polar surface area (TPSA) is 0 Å². The van der Waals surface area contributed by atoms with E-state index in [1.807, 2.05) is 0 Å². The van der Waals surface area contributed by atoms with Gasteiger partial charge in [0.05, 0.1) is 0 Å². The number of rotatable bonds is 6. The Morgan fingerprint density at radius 1 is 0.240 bits per heavy atom. The van der Waals surface area contributed by atoms with Crippen LogP contribution >= 0.6 is 0 Å². The third kappa shape index (κ3) is 6.70. The minimum absolute atomic E-state index is 0.820. The van der Waals surface area contributed by atoms with Gasteiger partial charge in [0.1, 0.15) is 0 Å². The average Bonchev–Trinajstić information content (AvgIpc) is 3.20. The van der Waals surface area contributed by atoms with Crippen LogP contribution in [0.1, 0.15) is 24.0 Å². The Hall–Kier alpha value is -6.24. The van der Waals surface area contributed by atoms with E-state index >= 15 is 0 Å². The van der Waals surface area contributed by atoms with Gasteiger partial charge in [0.2, 0.25) is 0 Å². The first-order chi connectivity index (χ1) is 24.8. The van der Waals surface area contributed by atoms with Gasteiger partial charge in [-0.05, 0) is 126 Å². The van der Waals surface area contributed by atoms with E-state index in [9.17, 15) is 0 Å². The molecule has 238 valence electrons. The Bertz CT molecular complexity index is 2140. The van der Waals surface area contributed by atoms with Crippen LogP contribution in [0.25, 0.3) is 55.7 Å². The molecule has 0 bridgehead atoms. The summed E-state index contributed by atoms with van der Waals surface area (Å²) in [5.74, 6) is 0. The van der Waals surface area contributed by atoms with Crippen LogP contribution in [-0.2, 0) is 0 Å². The van der Waals surface area contributed by atoms with E-state index in [0.717, 1.165) is 12.8 Å². The number of allylic oxidation sites excluding steroid dienone is 4. The Balaban J connectivity index is 1.43. The van der Waals surface area contributed by atoms with Crippen LogP contribution < -0.4 is 10.4 Å². The molecule has 0 nitrogen and oxygen atoms in total. The number of fused-ring (bicyclic) bond motifs is 1. The van der Waals surface area contributed by atoms with E-state index in [4.69, 9.17) is 0 Å². The summed E-state index contributed by atoms with van der Waals surface area (Å²) in [6.07, 6.45) is 10.7. The monoisotopic (exact) mass is 638 g/mol. The highest BCUT2D eigenvalue weighted by atomic mass is 14.2. The Labute approximate surface area is 295 Å². The lowest BCUT2D eigenvalue weighted by atomic mass is 9.88. The quantitative estimate of drug-likeness (QED) is 0.170. The molecule has 0 spiro atoms. The molecule has 0 saturated heterocycles. The molecule has 0 unspecified atom stereocenters. The molecule has 0 fully saturated rings. The minimum atomic E-state index is 0.820. The van der Waals surface area contributed by atoms with Crippen LogP contribution in [0.15, 0.2) is 206 Å². The SMILES string of the molecule is C1=C\C/C(c2cc(-c3ccccc3)cc(-c3ccccc3)c2)=c2/cccc/c2=C(\c2cc(-c3ccccc3)cc(-c3ccccc3)c2)C\C=C/1. The standard InChI is InChI=1S/C50H38/c1-2-16-28-48(46-35-43(39-23-11-5-12-24-39)32-44(36-46)40-25-13-6-14-26-40)50-30-18-17-29-49(50)47(27-15-1)45-33-41(37-19-7-3-8-20-37)31-42(34-45)38-21-9-4-10-22-38/h1-26,29-36H,27-28H2/b15-1-,16-2-,49-47+,50-48+. The molecular formula is C50H38. The molecule has 0 heterocycles. The predicted molar refractivity (Wildman–Crippen MR) is 213 cm³/mol. The molecule has 0 aromatic heterocycles. The van der Waals surface area contributed by atoms with Gasteiger partial charge < -0.3 is 0 Å². The predicted octanol–water partition coefficient (Wildman–Crippen LogP) is 11.7. The maximum absolute atomic E-state index is 2.38. The zero-order valence-electron chi connectivity index (χ0n) is 28.0. The molecule has 0 radical (unpaired) electrons. The molecule has 0 aliphatic heterocycles. The van der Waals surface area contributed by atoms with Crippen LogP contribution in [-0.4, -0.2) is 0 Å². The van der Waals surface area contributed by atoms with Gasteiger partial charge >= 0.3 is 0 Å². The highest BCUT2D eigenvalue weighted by Crippen LogP contribution is 2.33. The Morgan fingerprint density at radius 3 is 0.800 bits per heavy atom. The third-order valence-electron chi connectivity index (χ3n) is 9.60. The maximum Gasteiger partial charge on any atom is -0.00822 e. The van der Waals surface area contributed by atoms with Crippen molar-refractivity contribution >= 4 is 11.1 Å². The summed E-state index contributed by atoms with van der Waals surface area (Å²) in [5, 5.41) is 2.55. The van der Waals surface area contributed by atoms with Crippen molar-refractivity contribution in [2.75, 3.05) is 0 Å². The van der Waals surface area contributed by atoms with E-state index in [1.165, 1.54) is 77.2 Å². The second kappa shape index (κ2) is 14.5. The van der Waals surface area contributed by atoms with Crippen LogP contribution in [0.2, 0.25) is 0 Å². The molecule has 0 heteroatoms. The molecule has 1 aliphatic carbocycles. The normalized spacial score (nSPS) is 16.2. The first kappa shape index (κ1) is 31.1. The average molecular weight is 639 g/mol. The summed E-state index contributed by atoms with van der Waals surface area (Å²) in [6.45, 7) is 0. The van der Waals surface area contributed by atoms with Crippen molar-refractivity contribution in [2.24, 2.45) is 0 Å². The van der Waals surface area contributed by atoms with Crippen LogP contribution in [0, 0.1) is 0 Å². The zero-order valence-corrected chi connectivity index (χ0v) is 28.0. The molecule has 50 heavy (non-hydrogen) atoms. The van der Waals surface area contributed by atoms with Gasteiger partial charge in [0.25, 0.3) is 0 Å². The number of hydrogen-bond donors (Lipinski definition) is 0. The Morgan fingerprint density at radius 2 is 0.500 bits per heavy atom. The van der Waals surface area contributed by atoms with Crippen molar-refractivity contribution in [2.45, 2.75) is 12.8 Å². The number of hydrogen-bond acceptors (Lipinski definition) is 0. The molecule has 0 N–H and O–H groups in total. The van der Waals surface area contributed by atoms with Gasteiger partial charge in [0.15, 0.2) is 0 Å². The maximum atomic E-state index is 2.38. The van der Waals surface area contributed by atoms with Crippen LogP contribution in [0.4, 0.5) is 0 Å². The van der Waals surface area contributed by atoms with Crippen molar-refractivity contribution in [1.82, 2.24) is 0 Å². The lowest BCUT2D eigenvalue weighted by Crippen LogP contribution is -2.30. The summed E-state index contributed by atoms with van der Waals surface area (Å²) >= 11 is 0. The highest BCUT2D eigenvalue weighted by molar-refractivity contribution is 5.83. The lowest BCUT2D eigenvalue weighted by molar-refractivity contribution is 1.28. The third-order valence-corrected chi connectivity index (χ3v) is 9.60.